The molecule has 0 amide bonds. The third-order valence-electron chi connectivity index (χ3n) is 2.54. The second kappa shape index (κ2) is 5.97. The van der Waals surface area contributed by atoms with Crippen molar-refractivity contribution in [3.8, 4) is 0 Å². The molecule has 0 bridgehead atoms. The lowest BCUT2D eigenvalue weighted by molar-refractivity contribution is 0.584. The van der Waals surface area contributed by atoms with Gasteiger partial charge in [0.15, 0.2) is 0 Å². The van der Waals surface area contributed by atoms with E-state index in [-0.39, 0.29) is 0 Å². The van der Waals surface area contributed by atoms with Gasteiger partial charge < -0.3 is 0 Å². The molecule has 0 saturated carbocycles. The zero-order chi connectivity index (χ0) is 13.0. The minimum Gasteiger partial charge on any atom is -0.210 e. The molecule has 1 N–H and O–H groups in total. The van der Waals surface area contributed by atoms with Gasteiger partial charge in [0.1, 0.15) is 4.21 Å². The molecule has 0 aromatic carbocycles. The van der Waals surface area contributed by atoms with Gasteiger partial charge in [-0.1, -0.05) is 6.92 Å². The molecular weight excluding hydrogens is 286 g/mol. The number of aryl methyl sites for hydroxylation is 1. The van der Waals surface area contributed by atoms with Gasteiger partial charge in [0, 0.05) is 11.4 Å². The van der Waals surface area contributed by atoms with Gasteiger partial charge in [0.2, 0.25) is 10.0 Å². The molecule has 0 unspecified atom stereocenters. The monoisotopic (exact) mass is 301 g/mol. The molecule has 0 spiro atoms. The molecule has 0 radical (unpaired) electrons. The molecule has 0 saturated heterocycles. The fourth-order valence-corrected chi connectivity index (χ4v) is 4.60. The maximum Gasteiger partial charge on any atom is 0.250 e. The highest BCUT2D eigenvalue weighted by Gasteiger charge is 2.15. The Labute approximate surface area is 116 Å². The number of thiophene rings is 2. The summed E-state index contributed by atoms with van der Waals surface area (Å²) in [4.78, 5) is 1.09. The van der Waals surface area contributed by atoms with E-state index in [9.17, 15) is 8.42 Å². The number of sulfonamides is 1. The summed E-state index contributed by atoms with van der Waals surface area (Å²) < 4.78 is 27.0. The average molecular weight is 301 g/mol. The van der Waals surface area contributed by atoms with Crippen LogP contribution in [0.5, 0.6) is 0 Å². The minimum absolute atomic E-state index is 0.407. The standard InChI is InChI=1S/C12H15NO2S3/c1-2-11-3-4-12(17-11)18(14,15)13-7-5-10-6-8-16-9-10/h3-4,6,8-9,13H,2,5,7H2,1H3. The van der Waals surface area contributed by atoms with E-state index in [0.717, 1.165) is 17.7 Å². The first-order valence-electron chi connectivity index (χ1n) is 5.71. The van der Waals surface area contributed by atoms with Crippen LogP contribution in [0.1, 0.15) is 17.4 Å². The molecular formula is C12H15NO2S3. The predicted molar refractivity (Wildman–Crippen MR) is 76.9 cm³/mol. The van der Waals surface area contributed by atoms with E-state index in [0.29, 0.717) is 10.8 Å². The van der Waals surface area contributed by atoms with E-state index in [1.807, 2.05) is 29.8 Å². The molecule has 0 atom stereocenters. The summed E-state index contributed by atoms with van der Waals surface area (Å²) in [5, 5.41) is 4.03. The van der Waals surface area contributed by atoms with E-state index >= 15 is 0 Å². The van der Waals surface area contributed by atoms with Crippen LogP contribution in [0, 0.1) is 0 Å². The Morgan fingerprint density at radius 1 is 1.28 bits per heavy atom. The van der Waals surface area contributed by atoms with Crippen LogP contribution in [0.4, 0.5) is 0 Å². The Morgan fingerprint density at radius 2 is 2.11 bits per heavy atom. The summed E-state index contributed by atoms with van der Waals surface area (Å²) >= 11 is 2.96. The zero-order valence-corrected chi connectivity index (χ0v) is 12.5. The van der Waals surface area contributed by atoms with Gasteiger partial charge in [-0.3, -0.25) is 0 Å². The smallest absolute Gasteiger partial charge is 0.210 e. The molecule has 0 aliphatic rings. The molecule has 2 aromatic rings. The van der Waals surface area contributed by atoms with Crippen molar-refractivity contribution in [3.63, 3.8) is 0 Å². The SMILES string of the molecule is CCc1ccc(S(=O)(=O)NCCc2ccsc2)s1. The number of hydrogen-bond donors (Lipinski definition) is 1. The molecule has 2 heterocycles. The Morgan fingerprint density at radius 3 is 2.72 bits per heavy atom. The maximum absolute atomic E-state index is 12.0. The third-order valence-corrected chi connectivity index (χ3v) is 6.45. The summed E-state index contributed by atoms with van der Waals surface area (Å²) in [6, 6.07) is 5.56. The lowest BCUT2D eigenvalue weighted by Crippen LogP contribution is -2.25. The van der Waals surface area contributed by atoms with Gasteiger partial charge in [0.05, 0.1) is 0 Å². The van der Waals surface area contributed by atoms with Gasteiger partial charge in [-0.05, 0) is 47.4 Å². The Hall–Kier alpha value is -0.690. The molecule has 0 fully saturated rings. The van der Waals surface area contributed by atoms with Crippen LogP contribution < -0.4 is 4.72 Å². The molecule has 18 heavy (non-hydrogen) atoms. The van der Waals surface area contributed by atoms with Gasteiger partial charge in [-0.15, -0.1) is 11.3 Å². The van der Waals surface area contributed by atoms with Gasteiger partial charge in [-0.2, -0.15) is 11.3 Å². The van der Waals surface area contributed by atoms with Crippen LogP contribution in [0.2, 0.25) is 0 Å². The molecule has 6 heteroatoms. The quantitative estimate of drug-likeness (QED) is 0.891. The second-order valence-corrected chi connectivity index (χ2v) is 7.80. The first kappa shape index (κ1) is 13.7. The van der Waals surface area contributed by atoms with Gasteiger partial charge >= 0.3 is 0 Å². The van der Waals surface area contributed by atoms with Crippen LogP contribution in [0.15, 0.2) is 33.2 Å². The molecule has 0 aliphatic heterocycles. The van der Waals surface area contributed by atoms with Crippen molar-refractivity contribution in [2.24, 2.45) is 0 Å². The van der Waals surface area contributed by atoms with Gasteiger partial charge in [-0.25, -0.2) is 13.1 Å². The maximum atomic E-state index is 12.0. The summed E-state index contributed by atoms with van der Waals surface area (Å²) in [7, 11) is -3.33. The van der Waals surface area contributed by atoms with Crippen molar-refractivity contribution in [1.29, 1.82) is 0 Å². The summed E-state index contributed by atoms with van der Waals surface area (Å²) in [5.74, 6) is 0. The molecule has 3 nitrogen and oxygen atoms in total. The zero-order valence-electron chi connectivity index (χ0n) is 10.0. The number of rotatable bonds is 6. The van der Waals surface area contributed by atoms with Crippen LogP contribution in [0.25, 0.3) is 0 Å². The van der Waals surface area contributed by atoms with Crippen LogP contribution >= 0.6 is 22.7 Å². The average Bonchev–Trinajstić information content (AvgIpc) is 2.99. The van der Waals surface area contributed by atoms with Gasteiger partial charge in [0.25, 0.3) is 0 Å². The van der Waals surface area contributed by atoms with E-state index in [1.54, 1.807) is 17.4 Å². The highest BCUT2D eigenvalue weighted by Crippen LogP contribution is 2.21. The first-order chi connectivity index (χ1) is 8.62. The normalized spacial score (nSPS) is 11.8. The lowest BCUT2D eigenvalue weighted by Gasteiger charge is -2.03. The Balaban J connectivity index is 1.95. The summed E-state index contributed by atoms with van der Waals surface area (Å²) in [6.07, 6.45) is 1.60. The molecule has 2 aromatic heterocycles. The fraction of sp³-hybridized carbons (Fsp3) is 0.333. The fourth-order valence-electron chi connectivity index (χ4n) is 1.53. The Bertz CT molecular complexity index is 585. The first-order valence-corrected chi connectivity index (χ1v) is 8.95. The van der Waals surface area contributed by atoms with Crippen molar-refractivity contribution in [3.05, 3.63) is 39.4 Å². The summed E-state index contributed by atoms with van der Waals surface area (Å²) in [5.41, 5.74) is 1.17. The van der Waals surface area contributed by atoms with E-state index < -0.39 is 10.0 Å². The van der Waals surface area contributed by atoms with Crippen LogP contribution in [0.3, 0.4) is 0 Å². The highest BCUT2D eigenvalue weighted by molar-refractivity contribution is 7.91. The highest BCUT2D eigenvalue weighted by atomic mass is 32.2. The van der Waals surface area contributed by atoms with Crippen molar-refractivity contribution in [1.82, 2.24) is 4.72 Å². The summed E-state index contributed by atoms with van der Waals surface area (Å²) in [6.45, 7) is 2.46. The minimum atomic E-state index is -3.33. The van der Waals surface area contributed by atoms with Crippen molar-refractivity contribution in [2.75, 3.05) is 6.54 Å². The predicted octanol–water partition coefficient (Wildman–Crippen LogP) is 2.89. The molecule has 2 rings (SSSR count). The largest absolute Gasteiger partial charge is 0.250 e. The van der Waals surface area contributed by atoms with Crippen LogP contribution in [-0.2, 0) is 22.9 Å². The lowest BCUT2D eigenvalue weighted by atomic mass is 10.2. The topological polar surface area (TPSA) is 46.2 Å². The molecule has 0 aliphatic carbocycles. The Kier molecular flexibility index (Phi) is 4.55. The number of nitrogens with one attached hydrogen (secondary N) is 1. The molecule has 98 valence electrons. The second-order valence-electron chi connectivity index (χ2n) is 3.85. The van der Waals surface area contributed by atoms with Crippen molar-refractivity contribution >= 4 is 32.7 Å². The van der Waals surface area contributed by atoms with E-state index in [2.05, 4.69) is 4.72 Å². The van der Waals surface area contributed by atoms with Crippen molar-refractivity contribution < 1.29 is 8.42 Å². The van der Waals surface area contributed by atoms with E-state index in [4.69, 9.17) is 0 Å². The van der Waals surface area contributed by atoms with Crippen molar-refractivity contribution in [2.45, 2.75) is 24.0 Å². The van der Waals surface area contributed by atoms with Crippen LogP contribution in [-0.4, -0.2) is 15.0 Å². The third kappa shape index (κ3) is 3.41. The van der Waals surface area contributed by atoms with E-state index in [1.165, 1.54) is 16.9 Å². The number of hydrogen-bond acceptors (Lipinski definition) is 4.